The molecule has 5 heteroatoms. The van der Waals surface area contributed by atoms with E-state index in [1.807, 2.05) is 24.3 Å². The molecule has 2 aromatic carbocycles. The number of hydrogen-bond acceptors (Lipinski definition) is 3. The van der Waals surface area contributed by atoms with E-state index in [2.05, 4.69) is 5.32 Å². The molecule has 108 valence electrons. The van der Waals surface area contributed by atoms with Gasteiger partial charge in [-0.3, -0.25) is 4.79 Å². The monoisotopic (exact) mass is 321 g/mol. The lowest BCUT2D eigenvalue weighted by atomic mass is 10.0. The highest BCUT2D eigenvalue weighted by Crippen LogP contribution is 2.29. The van der Waals surface area contributed by atoms with Gasteiger partial charge in [-0.25, -0.2) is 0 Å². The number of carbonyl (C=O) groups excluding carboxylic acids is 1. The first-order valence-corrected chi connectivity index (χ1v) is 7.35. The number of nitrogens with one attached hydrogen (secondary N) is 1. The van der Waals surface area contributed by atoms with Crippen LogP contribution in [0.3, 0.4) is 0 Å². The average molecular weight is 322 g/mol. The molecule has 0 radical (unpaired) electrons. The molecular weight excluding hydrogens is 309 g/mol. The predicted octanol–water partition coefficient (Wildman–Crippen LogP) is 3.98. The summed E-state index contributed by atoms with van der Waals surface area (Å²) >= 11 is 12.0. The highest BCUT2D eigenvalue weighted by Gasteiger charge is 2.26. The van der Waals surface area contributed by atoms with Gasteiger partial charge in [0, 0.05) is 16.5 Å². The van der Waals surface area contributed by atoms with Gasteiger partial charge in [0.25, 0.3) is 0 Å². The molecule has 0 aliphatic carbocycles. The third kappa shape index (κ3) is 3.14. The van der Waals surface area contributed by atoms with Crippen molar-refractivity contribution in [2.75, 3.05) is 11.9 Å². The van der Waals surface area contributed by atoms with Crippen molar-refractivity contribution >= 4 is 34.7 Å². The third-order valence-corrected chi connectivity index (χ3v) is 3.97. The first-order chi connectivity index (χ1) is 10.1. The van der Waals surface area contributed by atoms with Gasteiger partial charge in [0.2, 0.25) is 0 Å². The third-order valence-electron chi connectivity index (χ3n) is 3.37. The first kappa shape index (κ1) is 14.2. The summed E-state index contributed by atoms with van der Waals surface area (Å²) in [4.78, 5) is 12.4. The summed E-state index contributed by atoms with van der Waals surface area (Å²) in [6.45, 7) is 0.452. The van der Waals surface area contributed by atoms with E-state index in [1.54, 1.807) is 18.2 Å². The number of rotatable bonds is 3. The van der Waals surface area contributed by atoms with Gasteiger partial charge in [-0.05, 0) is 35.9 Å². The number of ketones is 1. The van der Waals surface area contributed by atoms with Gasteiger partial charge in [0.1, 0.15) is 5.75 Å². The van der Waals surface area contributed by atoms with Crippen molar-refractivity contribution in [2.45, 2.75) is 12.5 Å². The number of para-hydroxylation sites is 2. The number of hydrogen-bond donors (Lipinski definition) is 1. The normalized spacial score (nSPS) is 16.6. The van der Waals surface area contributed by atoms with Crippen LogP contribution in [0, 0.1) is 0 Å². The van der Waals surface area contributed by atoms with Crippen molar-refractivity contribution < 1.29 is 9.53 Å². The van der Waals surface area contributed by atoms with E-state index in [1.165, 1.54) is 0 Å². The Kier molecular flexibility index (Phi) is 4.04. The molecule has 21 heavy (non-hydrogen) atoms. The molecule has 0 saturated carbocycles. The largest absolute Gasteiger partial charge is 0.479 e. The summed E-state index contributed by atoms with van der Waals surface area (Å²) < 4.78 is 5.75. The molecule has 0 aromatic heterocycles. The van der Waals surface area contributed by atoms with Crippen molar-refractivity contribution in [2.24, 2.45) is 0 Å². The van der Waals surface area contributed by atoms with Crippen LogP contribution < -0.4 is 10.1 Å². The molecule has 0 spiro atoms. The quantitative estimate of drug-likeness (QED) is 0.929. The number of benzene rings is 2. The highest BCUT2D eigenvalue weighted by atomic mass is 35.5. The summed E-state index contributed by atoms with van der Waals surface area (Å²) in [6.07, 6.45) is -0.316. The molecule has 2 aromatic rings. The van der Waals surface area contributed by atoms with Crippen LogP contribution in [0.25, 0.3) is 0 Å². The van der Waals surface area contributed by atoms with Gasteiger partial charge in [-0.1, -0.05) is 35.3 Å². The zero-order valence-corrected chi connectivity index (χ0v) is 12.6. The molecule has 1 N–H and O–H groups in total. The Bertz CT molecular complexity index is 688. The Hall–Kier alpha value is -1.71. The summed E-state index contributed by atoms with van der Waals surface area (Å²) in [5, 5.41) is 4.30. The Morgan fingerprint density at radius 3 is 2.90 bits per heavy atom. The number of fused-ring (bicyclic) bond motifs is 1. The first-order valence-electron chi connectivity index (χ1n) is 6.59. The van der Waals surface area contributed by atoms with E-state index in [0.29, 0.717) is 22.3 Å². The second-order valence-corrected chi connectivity index (χ2v) is 5.71. The lowest BCUT2D eigenvalue weighted by molar-refractivity contribution is -0.124. The standard InChI is InChI=1S/C16H13Cl2NO2/c17-11-5-6-12(18)10(7-11)8-14(20)16-9-19-13-3-1-2-4-15(13)21-16/h1-7,16,19H,8-9H2. The zero-order valence-electron chi connectivity index (χ0n) is 11.1. The SMILES string of the molecule is O=C(Cc1cc(Cl)ccc1Cl)C1CNc2ccccc2O1. The van der Waals surface area contributed by atoms with Crippen LogP contribution in [0.5, 0.6) is 5.75 Å². The van der Waals surface area contributed by atoms with Gasteiger partial charge in [0.15, 0.2) is 11.9 Å². The van der Waals surface area contributed by atoms with Gasteiger partial charge >= 0.3 is 0 Å². The van der Waals surface area contributed by atoms with Crippen LogP contribution in [0.2, 0.25) is 10.0 Å². The Balaban J connectivity index is 1.74. The minimum absolute atomic E-state index is 0.0267. The van der Waals surface area contributed by atoms with E-state index in [-0.39, 0.29) is 12.2 Å². The molecule has 3 rings (SSSR count). The molecule has 1 atom stereocenters. The van der Waals surface area contributed by atoms with Crippen molar-refractivity contribution in [3.05, 3.63) is 58.1 Å². The molecule has 1 aliphatic heterocycles. The van der Waals surface area contributed by atoms with Crippen molar-refractivity contribution in [3.63, 3.8) is 0 Å². The molecular formula is C16H13Cl2NO2. The van der Waals surface area contributed by atoms with Crippen molar-refractivity contribution in [1.29, 1.82) is 0 Å². The van der Waals surface area contributed by atoms with E-state index in [9.17, 15) is 4.79 Å². The lowest BCUT2D eigenvalue weighted by Gasteiger charge is -2.26. The van der Waals surface area contributed by atoms with Crippen LogP contribution in [0.1, 0.15) is 5.56 Å². The smallest absolute Gasteiger partial charge is 0.179 e. The zero-order chi connectivity index (χ0) is 14.8. The highest BCUT2D eigenvalue weighted by molar-refractivity contribution is 6.33. The van der Waals surface area contributed by atoms with Crippen LogP contribution >= 0.6 is 23.2 Å². The van der Waals surface area contributed by atoms with Gasteiger partial charge in [-0.15, -0.1) is 0 Å². The van der Waals surface area contributed by atoms with Crippen LogP contribution in [0.15, 0.2) is 42.5 Å². The topological polar surface area (TPSA) is 38.3 Å². The Morgan fingerprint density at radius 2 is 2.05 bits per heavy atom. The van der Waals surface area contributed by atoms with Crippen molar-refractivity contribution in [1.82, 2.24) is 0 Å². The fraction of sp³-hybridized carbons (Fsp3) is 0.188. The maximum atomic E-state index is 12.4. The van der Waals surface area contributed by atoms with E-state index in [0.717, 1.165) is 11.3 Å². The Morgan fingerprint density at radius 1 is 1.24 bits per heavy atom. The summed E-state index contributed by atoms with van der Waals surface area (Å²) in [7, 11) is 0. The molecule has 3 nitrogen and oxygen atoms in total. The summed E-state index contributed by atoms with van der Waals surface area (Å²) in [6, 6.07) is 12.7. The van der Waals surface area contributed by atoms with Crippen LogP contribution in [-0.2, 0) is 11.2 Å². The summed E-state index contributed by atoms with van der Waals surface area (Å²) in [5.41, 5.74) is 1.62. The predicted molar refractivity (Wildman–Crippen MR) is 84.5 cm³/mol. The van der Waals surface area contributed by atoms with E-state index >= 15 is 0 Å². The lowest BCUT2D eigenvalue weighted by Crippen LogP contribution is -2.38. The summed E-state index contributed by atoms with van der Waals surface area (Å²) in [5.74, 6) is 0.667. The van der Waals surface area contributed by atoms with Crippen molar-refractivity contribution in [3.8, 4) is 5.75 Å². The second kappa shape index (κ2) is 5.96. The van der Waals surface area contributed by atoms with Gasteiger partial charge in [0.05, 0.1) is 12.2 Å². The molecule has 1 aliphatic rings. The van der Waals surface area contributed by atoms with E-state index in [4.69, 9.17) is 27.9 Å². The average Bonchev–Trinajstić information content (AvgIpc) is 2.50. The fourth-order valence-electron chi connectivity index (χ4n) is 2.27. The number of halogens is 2. The minimum atomic E-state index is -0.519. The number of Topliss-reactive ketones (excluding diaryl/α,β-unsaturated/α-hetero) is 1. The van der Waals surface area contributed by atoms with Crippen LogP contribution in [0.4, 0.5) is 5.69 Å². The maximum Gasteiger partial charge on any atom is 0.179 e. The molecule has 0 fully saturated rings. The van der Waals surface area contributed by atoms with Crippen LogP contribution in [-0.4, -0.2) is 18.4 Å². The maximum absolute atomic E-state index is 12.4. The van der Waals surface area contributed by atoms with Gasteiger partial charge < -0.3 is 10.1 Å². The molecule has 0 bridgehead atoms. The van der Waals surface area contributed by atoms with Gasteiger partial charge in [-0.2, -0.15) is 0 Å². The minimum Gasteiger partial charge on any atom is -0.479 e. The number of anilines is 1. The number of carbonyl (C=O) groups is 1. The fourth-order valence-corrected chi connectivity index (χ4v) is 2.65. The molecule has 1 unspecified atom stereocenters. The second-order valence-electron chi connectivity index (χ2n) is 4.86. The number of ether oxygens (including phenoxy) is 1. The Labute approximate surface area is 132 Å². The molecule has 0 amide bonds. The molecule has 1 heterocycles. The van der Waals surface area contributed by atoms with E-state index < -0.39 is 6.10 Å². The molecule has 0 saturated heterocycles.